The van der Waals surface area contributed by atoms with Crippen LogP contribution in [0.3, 0.4) is 0 Å². The standard InChI is InChI=1S/C17H18N4/c1-21-12-16(11-20-21)14-6-4-13(5-7-14)9-17(18)15-3-2-8-19-10-15/h2-8,10-12,17H,9,18H2,1H3. The van der Waals surface area contributed by atoms with Crippen LogP contribution in [-0.2, 0) is 13.5 Å². The SMILES string of the molecule is Cn1cc(-c2ccc(CC(N)c3cccnc3)cc2)cn1. The molecule has 0 bridgehead atoms. The molecule has 0 amide bonds. The molecule has 3 aromatic rings. The lowest BCUT2D eigenvalue weighted by atomic mass is 9.99. The summed E-state index contributed by atoms with van der Waals surface area (Å²) in [5.74, 6) is 0. The number of nitrogens with zero attached hydrogens (tertiary/aromatic N) is 3. The van der Waals surface area contributed by atoms with Crippen LogP contribution in [0.5, 0.6) is 0 Å². The third-order valence-corrected chi connectivity index (χ3v) is 3.56. The number of benzene rings is 1. The van der Waals surface area contributed by atoms with Crippen molar-refractivity contribution < 1.29 is 0 Å². The second kappa shape index (κ2) is 5.89. The Hall–Kier alpha value is -2.46. The molecule has 4 heteroatoms. The van der Waals surface area contributed by atoms with Crippen LogP contribution in [0.4, 0.5) is 0 Å². The summed E-state index contributed by atoms with van der Waals surface area (Å²) in [6.07, 6.45) is 8.28. The second-order valence-corrected chi connectivity index (χ2v) is 5.20. The summed E-state index contributed by atoms with van der Waals surface area (Å²) in [5, 5.41) is 4.19. The van der Waals surface area contributed by atoms with E-state index in [1.165, 1.54) is 11.1 Å². The first-order chi connectivity index (χ1) is 10.2. The van der Waals surface area contributed by atoms with E-state index in [9.17, 15) is 0 Å². The zero-order valence-electron chi connectivity index (χ0n) is 12.0. The quantitative estimate of drug-likeness (QED) is 0.798. The monoisotopic (exact) mass is 278 g/mol. The van der Waals surface area contributed by atoms with Crippen LogP contribution < -0.4 is 5.73 Å². The number of nitrogens with two attached hydrogens (primary N) is 1. The molecule has 0 spiro atoms. The summed E-state index contributed by atoms with van der Waals surface area (Å²) in [6, 6.07) is 12.4. The highest BCUT2D eigenvalue weighted by Crippen LogP contribution is 2.21. The molecule has 2 aromatic heterocycles. The lowest BCUT2D eigenvalue weighted by molar-refractivity contribution is 0.718. The molecule has 0 aliphatic carbocycles. The fourth-order valence-electron chi connectivity index (χ4n) is 2.37. The van der Waals surface area contributed by atoms with Gasteiger partial charge in [-0.05, 0) is 29.2 Å². The summed E-state index contributed by atoms with van der Waals surface area (Å²) < 4.78 is 1.81. The number of aryl methyl sites for hydroxylation is 1. The summed E-state index contributed by atoms with van der Waals surface area (Å²) in [7, 11) is 1.92. The van der Waals surface area contributed by atoms with Gasteiger partial charge in [0, 0.05) is 37.2 Å². The summed E-state index contributed by atoms with van der Waals surface area (Å²) in [6.45, 7) is 0. The molecule has 0 saturated carbocycles. The first-order valence-corrected chi connectivity index (χ1v) is 6.96. The topological polar surface area (TPSA) is 56.7 Å². The maximum atomic E-state index is 6.23. The van der Waals surface area contributed by atoms with E-state index in [0.29, 0.717) is 0 Å². The van der Waals surface area contributed by atoms with Gasteiger partial charge in [-0.3, -0.25) is 9.67 Å². The normalized spacial score (nSPS) is 12.3. The minimum atomic E-state index is -0.0251. The van der Waals surface area contributed by atoms with Crippen LogP contribution in [0, 0.1) is 0 Å². The Bertz CT molecular complexity index is 701. The third-order valence-electron chi connectivity index (χ3n) is 3.56. The van der Waals surface area contributed by atoms with Crippen LogP contribution in [0.15, 0.2) is 61.2 Å². The molecule has 21 heavy (non-hydrogen) atoms. The van der Waals surface area contributed by atoms with E-state index in [2.05, 4.69) is 34.3 Å². The number of aromatic nitrogens is 3. The number of hydrogen-bond acceptors (Lipinski definition) is 3. The Balaban J connectivity index is 1.73. The van der Waals surface area contributed by atoms with Gasteiger partial charge in [0.15, 0.2) is 0 Å². The molecule has 1 unspecified atom stereocenters. The zero-order valence-corrected chi connectivity index (χ0v) is 12.0. The lowest BCUT2D eigenvalue weighted by Crippen LogP contribution is -2.13. The van der Waals surface area contributed by atoms with Crippen molar-refractivity contribution in [1.82, 2.24) is 14.8 Å². The van der Waals surface area contributed by atoms with Crippen molar-refractivity contribution in [3.63, 3.8) is 0 Å². The van der Waals surface area contributed by atoms with E-state index in [0.717, 1.165) is 17.5 Å². The molecule has 0 fully saturated rings. The van der Waals surface area contributed by atoms with E-state index >= 15 is 0 Å². The minimum Gasteiger partial charge on any atom is -0.324 e. The zero-order chi connectivity index (χ0) is 14.7. The van der Waals surface area contributed by atoms with Crippen molar-refractivity contribution in [3.8, 4) is 11.1 Å². The van der Waals surface area contributed by atoms with E-state index in [-0.39, 0.29) is 6.04 Å². The molecular formula is C17H18N4. The van der Waals surface area contributed by atoms with Crippen molar-refractivity contribution in [2.24, 2.45) is 12.8 Å². The molecule has 0 aliphatic heterocycles. The minimum absolute atomic E-state index is 0.0251. The van der Waals surface area contributed by atoms with E-state index in [4.69, 9.17) is 5.73 Å². The van der Waals surface area contributed by atoms with E-state index in [1.807, 2.05) is 42.5 Å². The van der Waals surface area contributed by atoms with Crippen LogP contribution in [0.25, 0.3) is 11.1 Å². The fourth-order valence-corrected chi connectivity index (χ4v) is 2.37. The van der Waals surface area contributed by atoms with Gasteiger partial charge in [0.05, 0.1) is 6.20 Å². The van der Waals surface area contributed by atoms with E-state index in [1.54, 1.807) is 6.20 Å². The molecule has 2 heterocycles. The Morgan fingerprint density at radius 3 is 2.52 bits per heavy atom. The fraction of sp³-hybridized carbons (Fsp3) is 0.176. The maximum Gasteiger partial charge on any atom is 0.0568 e. The average Bonchev–Trinajstić information content (AvgIpc) is 2.95. The summed E-state index contributed by atoms with van der Waals surface area (Å²) in [5.41, 5.74) is 10.8. The molecule has 1 aromatic carbocycles. The highest BCUT2D eigenvalue weighted by Gasteiger charge is 2.07. The van der Waals surface area contributed by atoms with Crippen LogP contribution in [0.1, 0.15) is 17.2 Å². The Kier molecular flexibility index (Phi) is 3.79. The molecule has 1 atom stereocenters. The van der Waals surface area contributed by atoms with Gasteiger partial charge in [-0.1, -0.05) is 30.3 Å². The van der Waals surface area contributed by atoms with Crippen LogP contribution in [-0.4, -0.2) is 14.8 Å². The first-order valence-electron chi connectivity index (χ1n) is 6.96. The van der Waals surface area contributed by atoms with Gasteiger partial charge in [-0.25, -0.2) is 0 Å². The second-order valence-electron chi connectivity index (χ2n) is 5.20. The molecule has 0 radical (unpaired) electrons. The smallest absolute Gasteiger partial charge is 0.0568 e. The van der Waals surface area contributed by atoms with Gasteiger partial charge in [0.1, 0.15) is 0 Å². The van der Waals surface area contributed by atoms with Gasteiger partial charge in [-0.15, -0.1) is 0 Å². The number of pyridine rings is 1. The van der Waals surface area contributed by atoms with E-state index < -0.39 is 0 Å². The lowest BCUT2D eigenvalue weighted by Gasteiger charge is -2.11. The summed E-state index contributed by atoms with van der Waals surface area (Å²) >= 11 is 0. The van der Waals surface area contributed by atoms with Crippen molar-refractivity contribution in [2.45, 2.75) is 12.5 Å². The van der Waals surface area contributed by atoms with Gasteiger partial charge >= 0.3 is 0 Å². The third kappa shape index (κ3) is 3.17. The molecular weight excluding hydrogens is 260 g/mol. The Morgan fingerprint density at radius 2 is 1.90 bits per heavy atom. The van der Waals surface area contributed by atoms with Crippen molar-refractivity contribution in [1.29, 1.82) is 0 Å². The molecule has 3 rings (SSSR count). The molecule has 0 aliphatic rings. The predicted molar refractivity (Wildman–Crippen MR) is 83.5 cm³/mol. The highest BCUT2D eigenvalue weighted by atomic mass is 15.2. The van der Waals surface area contributed by atoms with Gasteiger partial charge in [0.2, 0.25) is 0 Å². The van der Waals surface area contributed by atoms with Gasteiger partial charge in [0.25, 0.3) is 0 Å². The molecule has 0 saturated heterocycles. The van der Waals surface area contributed by atoms with Crippen LogP contribution >= 0.6 is 0 Å². The van der Waals surface area contributed by atoms with Crippen molar-refractivity contribution >= 4 is 0 Å². The van der Waals surface area contributed by atoms with Crippen LogP contribution in [0.2, 0.25) is 0 Å². The molecule has 106 valence electrons. The Labute approximate surface area is 124 Å². The number of rotatable bonds is 4. The molecule has 2 N–H and O–H groups in total. The van der Waals surface area contributed by atoms with Gasteiger partial charge < -0.3 is 5.73 Å². The molecule has 4 nitrogen and oxygen atoms in total. The average molecular weight is 278 g/mol. The first kappa shape index (κ1) is 13.5. The Morgan fingerprint density at radius 1 is 1.10 bits per heavy atom. The summed E-state index contributed by atoms with van der Waals surface area (Å²) in [4.78, 5) is 4.11. The number of hydrogen-bond donors (Lipinski definition) is 1. The largest absolute Gasteiger partial charge is 0.324 e. The maximum absolute atomic E-state index is 6.23. The predicted octanol–water partition coefficient (Wildman–Crippen LogP) is 2.72. The van der Waals surface area contributed by atoms with Crippen molar-refractivity contribution in [3.05, 3.63) is 72.3 Å². The highest BCUT2D eigenvalue weighted by molar-refractivity contribution is 5.61. The van der Waals surface area contributed by atoms with Crippen molar-refractivity contribution in [2.75, 3.05) is 0 Å². The van der Waals surface area contributed by atoms with Gasteiger partial charge in [-0.2, -0.15) is 5.10 Å².